The number of fused-ring (bicyclic) bond motifs is 1. The average Bonchev–Trinajstić information content (AvgIpc) is 2.99. The largest absolute Gasteiger partial charge is 0.374 e. The SMILES string of the molecule is Cc1ccc(N[C@@H](c2ccncc2)c2c(C)[nH]c3ccccc23)cc1C. The topological polar surface area (TPSA) is 40.7 Å². The second-order valence-corrected chi connectivity index (χ2v) is 6.87. The molecule has 0 spiro atoms. The number of nitrogens with one attached hydrogen (secondary N) is 2. The minimum Gasteiger partial charge on any atom is -0.374 e. The summed E-state index contributed by atoms with van der Waals surface area (Å²) < 4.78 is 0. The molecule has 0 amide bonds. The Morgan fingerprint density at radius 2 is 1.65 bits per heavy atom. The standard InChI is InChI=1S/C23H23N3/c1-15-8-9-19(14-16(15)2)26-23(18-10-12-24-13-11-18)22-17(3)25-21-7-5-4-6-20(21)22/h4-14,23,25-26H,1-3H3/t23-/m0/s1. The lowest BCUT2D eigenvalue weighted by atomic mass is 9.96. The first-order valence-corrected chi connectivity index (χ1v) is 8.94. The fraction of sp³-hybridized carbons (Fsp3) is 0.174. The van der Waals surface area contributed by atoms with Crippen LogP contribution in [0.5, 0.6) is 0 Å². The summed E-state index contributed by atoms with van der Waals surface area (Å²) in [6.07, 6.45) is 3.71. The van der Waals surface area contributed by atoms with Crippen LogP contribution < -0.4 is 5.32 Å². The summed E-state index contributed by atoms with van der Waals surface area (Å²) in [5.41, 5.74) is 8.56. The number of hydrogen-bond acceptors (Lipinski definition) is 2. The lowest BCUT2D eigenvalue weighted by molar-refractivity contribution is 0.927. The highest BCUT2D eigenvalue weighted by Gasteiger charge is 2.21. The van der Waals surface area contributed by atoms with Crippen molar-refractivity contribution >= 4 is 16.6 Å². The van der Waals surface area contributed by atoms with E-state index in [9.17, 15) is 0 Å². The number of nitrogens with zero attached hydrogens (tertiary/aromatic N) is 1. The van der Waals surface area contributed by atoms with Gasteiger partial charge in [-0.05, 0) is 67.8 Å². The van der Waals surface area contributed by atoms with Crippen LogP contribution in [0, 0.1) is 20.8 Å². The maximum Gasteiger partial charge on any atom is 0.0792 e. The molecule has 3 nitrogen and oxygen atoms in total. The van der Waals surface area contributed by atoms with Crippen LogP contribution in [0.3, 0.4) is 0 Å². The van der Waals surface area contributed by atoms with Gasteiger partial charge in [0.25, 0.3) is 0 Å². The maximum atomic E-state index is 4.19. The molecule has 4 rings (SSSR count). The molecule has 2 heterocycles. The molecular weight excluding hydrogens is 318 g/mol. The molecule has 0 saturated carbocycles. The Kier molecular flexibility index (Phi) is 4.21. The number of hydrogen-bond donors (Lipinski definition) is 2. The van der Waals surface area contributed by atoms with E-state index in [0.717, 1.165) is 5.69 Å². The monoisotopic (exact) mass is 341 g/mol. The number of benzene rings is 2. The third kappa shape index (κ3) is 2.97. The fourth-order valence-corrected chi connectivity index (χ4v) is 3.55. The first kappa shape index (κ1) is 16.4. The van der Waals surface area contributed by atoms with Crippen LogP contribution in [0.4, 0.5) is 5.69 Å². The van der Waals surface area contributed by atoms with Crippen LogP contribution in [-0.4, -0.2) is 9.97 Å². The molecule has 0 radical (unpaired) electrons. The van der Waals surface area contributed by atoms with Gasteiger partial charge in [-0.2, -0.15) is 0 Å². The summed E-state index contributed by atoms with van der Waals surface area (Å²) in [6.45, 7) is 6.44. The molecule has 3 heteroatoms. The highest BCUT2D eigenvalue weighted by molar-refractivity contribution is 5.86. The van der Waals surface area contributed by atoms with Gasteiger partial charge in [0, 0.05) is 40.2 Å². The van der Waals surface area contributed by atoms with Crippen molar-refractivity contribution in [2.75, 3.05) is 5.32 Å². The van der Waals surface area contributed by atoms with Gasteiger partial charge in [-0.1, -0.05) is 24.3 Å². The lowest BCUT2D eigenvalue weighted by Crippen LogP contribution is -2.13. The van der Waals surface area contributed by atoms with Crippen molar-refractivity contribution in [3.63, 3.8) is 0 Å². The summed E-state index contributed by atoms with van der Waals surface area (Å²) in [6, 6.07) is 19.2. The Bertz CT molecular complexity index is 1050. The van der Waals surface area contributed by atoms with Crippen LogP contribution >= 0.6 is 0 Å². The van der Waals surface area contributed by atoms with Gasteiger partial charge in [-0.25, -0.2) is 0 Å². The zero-order chi connectivity index (χ0) is 18.1. The number of aryl methyl sites for hydroxylation is 3. The Morgan fingerprint density at radius 3 is 2.42 bits per heavy atom. The van der Waals surface area contributed by atoms with Gasteiger partial charge in [0.1, 0.15) is 0 Å². The minimum atomic E-state index is 0.0521. The molecule has 2 aromatic carbocycles. The fourth-order valence-electron chi connectivity index (χ4n) is 3.55. The Hall–Kier alpha value is -3.07. The molecule has 1 atom stereocenters. The van der Waals surface area contributed by atoms with E-state index in [1.807, 2.05) is 12.4 Å². The Labute approximate surface area is 154 Å². The summed E-state index contributed by atoms with van der Waals surface area (Å²) in [5.74, 6) is 0. The number of anilines is 1. The summed E-state index contributed by atoms with van der Waals surface area (Å²) in [5, 5.41) is 5.00. The van der Waals surface area contributed by atoms with E-state index in [0.29, 0.717) is 0 Å². The van der Waals surface area contributed by atoms with Crippen LogP contribution in [0.25, 0.3) is 10.9 Å². The number of pyridine rings is 1. The molecule has 4 aromatic rings. The smallest absolute Gasteiger partial charge is 0.0792 e. The predicted molar refractivity (Wildman–Crippen MR) is 109 cm³/mol. The first-order chi connectivity index (χ1) is 12.6. The lowest BCUT2D eigenvalue weighted by Gasteiger charge is -2.22. The number of para-hydroxylation sites is 1. The minimum absolute atomic E-state index is 0.0521. The number of H-pyrrole nitrogens is 1. The van der Waals surface area contributed by atoms with Crippen molar-refractivity contribution in [1.29, 1.82) is 0 Å². The summed E-state index contributed by atoms with van der Waals surface area (Å²) >= 11 is 0. The highest BCUT2D eigenvalue weighted by Crippen LogP contribution is 2.34. The van der Waals surface area contributed by atoms with Crippen LogP contribution in [-0.2, 0) is 0 Å². The van der Waals surface area contributed by atoms with Crippen molar-refractivity contribution in [2.24, 2.45) is 0 Å². The van der Waals surface area contributed by atoms with E-state index in [4.69, 9.17) is 0 Å². The van der Waals surface area contributed by atoms with Crippen molar-refractivity contribution in [2.45, 2.75) is 26.8 Å². The molecule has 0 aliphatic rings. The maximum absolute atomic E-state index is 4.19. The van der Waals surface area contributed by atoms with E-state index < -0.39 is 0 Å². The van der Waals surface area contributed by atoms with Gasteiger partial charge < -0.3 is 10.3 Å². The van der Waals surface area contributed by atoms with Crippen LogP contribution in [0.1, 0.15) is 34.0 Å². The predicted octanol–water partition coefficient (Wildman–Crippen LogP) is 5.69. The molecule has 26 heavy (non-hydrogen) atoms. The molecule has 0 aliphatic heterocycles. The first-order valence-electron chi connectivity index (χ1n) is 8.94. The van der Waals surface area contributed by atoms with Gasteiger partial charge in [-0.3, -0.25) is 4.98 Å². The van der Waals surface area contributed by atoms with E-state index >= 15 is 0 Å². The third-order valence-electron chi connectivity index (χ3n) is 5.09. The van der Waals surface area contributed by atoms with E-state index in [-0.39, 0.29) is 6.04 Å². The molecule has 2 N–H and O–H groups in total. The molecule has 0 fully saturated rings. The molecule has 0 aliphatic carbocycles. The summed E-state index contributed by atoms with van der Waals surface area (Å²) in [4.78, 5) is 7.72. The molecular formula is C23H23N3. The zero-order valence-electron chi connectivity index (χ0n) is 15.4. The zero-order valence-corrected chi connectivity index (χ0v) is 15.4. The molecule has 2 aromatic heterocycles. The second-order valence-electron chi connectivity index (χ2n) is 6.87. The van der Waals surface area contributed by atoms with Crippen molar-refractivity contribution in [3.8, 4) is 0 Å². The molecule has 0 bridgehead atoms. The normalized spacial score (nSPS) is 12.3. The Balaban J connectivity index is 1.85. The third-order valence-corrected chi connectivity index (χ3v) is 5.09. The molecule has 130 valence electrons. The van der Waals surface area contributed by atoms with E-state index in [2.05, 4.69) is 90.7 Å². The van der Waals surface area contributed by atoms with Gasteiger partial charge in [0.2, 0.25) is 0 Å². The van der Waals surface area contributed by atoms with Gasteiger partial charge in [0.05, 0.1) is 6.04 Å². The van der Waals surface area contributed by atoms with Crippen LogP contribution in [0.2, 0.25) is 0 Å². The number of aromatic amines is 1. The number of aromatic nitrogens is 2. The van der Waals surface area contributed by atoms with Crippen molar-refractivity contribution in [3.05, 3.63) is 94.9 Å². The quantitative estimate of drug-likeness (QED) is 0.500. The second kappa shape index (κ2) is 6.68. The average molecular weight is 341 g/mol. The molecule has 0 unspecified atom stereocenters. The van der Waals surface area contributed by atoms with Gasteiger partial charge in [-0.15, -0.1) is 0 Å². The molecule has 0 saturated heterocycles. The van der Waals surface area contributed by atoms with Crippen molar-refractivity contribution in [1.82, 2.24) is 9.97 Å². The number of rotatable bonds is 4. The van der Waals surface area contributed by atoms with Crippen LogP contribution in [0.15, 0.2) is 67.0 Å². The highest BCUT2D eigenvalue weighted by atomic mass is 14.9. The van der Waals surface area contributed by atoms with E-state index in [1.165, 1.54) is 38.9 Å². The van der Waals surface area contributed by atoms with Gasteiger partial charge >= 0.3 is 0 Å². The summed E-state index contributed by atoms with van der Waals surface area (Å²) in [7, 11) is 0. The van der Waals surface area contributed by atoms with E-state index in [1.54, 1.807) is 0 Å². The van der Waals surface area contributed by atoms with Gasteiger partial charge in [0.15, 0.2) is 0 Å². The van der Waals surface area contributed by atoms with Crippen molar-refractivity contribution < 1.29 is 0 Å². The Morgan fingerprint density at radius 1 is 0.885 bits per heavy atom.